The summed E-state index contributed by atoms with van der Waals surface area (Å²) < 4.78 is 1.70. The Kier molecular flexibility index (Phi) is 3.19. The van der Waals surface area contributed by atoms with Crippen molar-refractivity contribution in [3.63, 3.8) is 0 Å². The van der Waals surface area contributed by atoms with Gasteiger partial charge in [0, 0.05) is 12.6 Å². The van der Waals surface area contributed by atoms with Crippen molar-refractivity contribution in [2.24, 2.45) is 7.05 Å². The van der Waals surface area contributed by atoms with Crippen LogP contribution in [0.2, 0.25) is 10.2 Å². The first-order chi connectivity index (χ1) is 7.65. The largest absolute Gasteiger partial charge is 0.390 e. The van der Waals surface area contributed by atoms with Crippen molar-refractivity contribution in [3.05, 3.63) is 40.1 Å². The number of aromatic nitrogens is 2. The number of rotatable bonds is 2. The van der Waals surface area contributed by atoms with Gasteiger partial charge in [-0.2, -0.15) is 0 Å². The van der Waals surface area contributed by atoms with Gasteiger partial charge in [-0.1, -0.05) is 35.3 Å². The van der Waals surface area contributed by atoms with Crippen LogP contribution in [-0.4, -0.2) is 14.7 Å². The van der Waals surface area contributed by atoms with Crippen LogP contribution in [0.15, 0.2) is 24.3 Å². The van der Waals surface area contributed by atoms with Crippen LogP contribution in [0.25, 0.3) is 11.4 Å². The number of aliphatic hydroxyl groups is 1. The second-order valence-electron chi connectivity index (χ2n) is 3.37. The summed E-state index contributed by atoms with van der Waals surface area (Å²) in [4.78, 5) is 4.26. The first kappa shape index (κ1) is 11.5. The Bertz CT molecular complexity index is 523. The fourth-order valence-electron chi connectivity index (χ4n) is 1.52. The van der Waals surface area contributed by atoms with Crippen LogP contribution in [0.5, 0.6) is 0 Å². The van der Waals surface area contributed by atoms with E-state index in [-0.39, 0.29) is 6.61 Å². The van der Waals surface area contributed by atoms with Gasteiger partial charge in [0.2, 0.25) is 0 Å². The maximum atomic E-state index is 9.08. The van der Waals surface area contributed by atoms with Crippen molar-refractivity contribution in [2.45, 2.75) is 6.61 Å². The summed E-state index contributed by atoms with van der Waals surface area (Å²) in [5.41, 5.74) is 1.26. The molecule has 16 heavy (non-hydrogen) atoms. The quantitative estimate of drug-likeness (QED) is 0.898. The fraction of sp³-hybridized carbons (Fsp3) is 0.182. The molecule has 1 aromatic heterocycles. The highest BCUT2D eigenvalue weighted by Gasteiger charge is 2.15. The molecule has 1 heterocycles. The summed E-state index contributed by atoms with van der Waals surface area (Å²) >= 11 is 12.1. The first-order valence-electron chi connectivity index (χ1n) is 4.72. The molecule has 2 aromatic rings. The molecule has 0 bridgehead atoms. The number of hydrogen-bond donors (Lipinski definition) is 1. The zero-order valence-electron chi connectivity index (χ0n) is 8.61. The van der Waals surface area contributed by atoms with E-state index in [4.69, 9.17) is 28.3 Å². The third-order valence-electron chi connectivity index (χ3n) is 2.36. The van der Waals surface area contributed by atoms with Gasteiger partial charge in [-0.05, 0) is 12.1 Å². The lowest BCUT2D eigenvalue weighted by Crippen LogP contribution is -1.92. The molecule has 3 nitrogen and oxygen atoms in total. The minimum atomic E-state index is -0.183. The van der Waals surface area contributed by atoms with Gasteiger partial charge < -0.3 is 9.67 Å². The molecule has 0 aliphatic rings. The monoisotopic (exact) mass is 256 g/mol. The third kappa shape index (κ3) is 1.82. The highest BCUT2D eigenvalue weighted by molar-refractivity contribution is 6.33. The Hall–Kier alpha value is -1.03. The number of nitrogens with zero attached hydrogens (tertiary/aromatic N) is 2. The van der Waals surface area contributed by atoms with Crippen molar-refractivity contribution in [1.82, 2.24) is 9.55 Å². The molecule has 0 saturated carbocycles. The number of hydrogen-bond acceptors (Lipinski definition) is 2. The number of aliphatic hydroxyl groups excluding tert-OH is 1. The van der Waals surface area contributed by atoms with Crippen molar-refractivity contribution in [1.29, 1.82) is 0 Å². The predicted molar refractivity (Wildman–Crippen MR) is 64.6 cm³/mol. The number of benzene rings is 1. The second-order valence-corrected chi connectivity index (χ2v) is 4.14. The molecule has 84 valence electrons. The third-order valence-corrected chi connectivity index (χ3v) is 3.16. The smallest absolute Gasteiger partial charge is 0.142 e. The van der Waals surface area contributed by atoms with Gasteiger partial charge in [0.15, 0.2) is 0 Å². The molecule has 0 unspecified atom stereocenters. The average molecular weight is 257 g/mol. The fourth-order valence-corrected chi connectivity index (χ4v) is 1.92. The topological polar surface area (TPSA) is 38.0 Å². The van der Waals surface area contributed by atoms with Gasteiger partial charge in [0.05, 0.1) is 11.6 Å². The lowest BCUT2D eigenvalue weighted by molar-refractivity contribution is 0.277. The Morgan fingerprint density at radius 2 is 2.00 bits per heavy atom. The predicted octanol–water partition coefficient (Wildman–Crippen LogP) is 2.89. The summed E-state index contributed by atoms with van der Waals surface area (Å²) in [6, 6.07) is 7.38. The van der Waals surface area contributed by atoms with Gasteiger partial charge in [0.1, 0.15) is 16.7 Å². The average Bonchev–Trinajstić information content (AvgIpc) is 2.57. The molecular weight excluding hydrogens is 247 g/mol. The van der Waals surface area contributed by atoms with Crippen LogP contribution in [0.4, 0.5) is 0 Å². The maximum Gasteiger partial charge on any atom is 0.142 e. The molecular formula is C11H10Cl2N2O. The molecule has 1 N–H and O–H groups in total. The van der Waals surface area contributed by atoms with Crippen molar-refractivity contribution in [2.75, 3.05) is 0 Å². The van der Waals surface area contributed by atoms with E-state index >= 15 is 0 Å². The molecule has 0 aliphatic heterocycles. The van der Waals surface area contributed by atoms with E-state index in [1.54, 1.807) is 17.7 Å². The summed E-state index contributed by atoms with van der Waals surface area (Å²) in [5, 5.41) is 10.1. The number of imidazole rings is 1. The van der Waals surface area contributed by atoms with E-state index < -0.39 is 0 Å². The van der Waals surface area contributed by atoms with Crippen molar-refractivity contribution >= 4 is 23.2 Å². The molecule has 0 saturated heterocycles. The zero-order valence-corrected chi connectivity index (χ0v) is 10.1. The molecule has 1 aromatic carbocycles. The van der Waals surface area contributed by atoms with E-state index in [1.165, 1.54) is 0 Å². The summed E-state index contributed by atoms with van der Waals surface area (Å²) in [6.45, 7) is -0.183. The highest BCUT2D eigenvalue weighted by Crippen LogP contribution is 2.29. The maximum absolute atomic E-state index is 9.08. The second kappa shape index (κ2) is 4.45. The molecule has 0 aliphatic carbocycles. The molecule has 2 rings (SSSR count). The van der Waals surface area contributed by atoms with Crippen LogP contribution in [-0.2, 0) is 13.7 Å². The Labute approximate surface area is 103 Å². The van der Waals surface area contributed by atoms with E-state index in [9.17, 15) is 0 Å². The Balaban J connectivity index is 2.61. The van der Waals surface area contributed by atoms with E-state index in [1.807, 2.05) is 18.2 Å². The van der Waals surface area contributed by atoms with Crippen LogP contribution in [0.1, 0.15) is 5.69 Å². The van der Waals surface area contributed by atoms with Crippen LogP contribution in [0, 0.1) is 0 Å². The molecule has 0 atom stereocenters. The first-order valence-corrected chi connectivity index (χ1v) is 5.47. The standard InChI is InChI=1S/C11H10Cl2N2O/c1-15-10(13)9(6-16)14-11(15)7-4-2-3-5-8(7)12/h2-5,16H,6H2,1H3. The van der Waals surface area contributed by atoms with Gasteiger partial charge in [-0.25, -0.2) is 4.98 Å². The van der Waals surface area contributed by atoms with Crippen LogP contribution >= 0.6 is 23.2 Å². The molecule has 0 spiro atoms. The van der Waals surface area contributed by atoms with E-state index in [2.05, 4.69) is 4.98 Å². The Morgan fingerprint density at radius 1 is 1.31 bits per heavy atom. The lowest BCUT2D eigenvalue weighted by atomic mass is 10.2. The van der Waals surface area contributed by atoms with Gasteiger partial charge in [0.25, 0.3) is 0 Å². The van der Waals surface area contributed by atoms with Crippen molar-refractivity contribution in [3.8, 4) is 11.4 Å². The van der Waals surface area contributed by atoms with Gasteiger partial charge in [-0.15, -0.1) is 0 Å². The molecule has 0 amide bonds. The molecule has 0 radical (unpaired) electrons. The minimum absolute atomic E-state index is 0.183. The Morgan fingerprint density at radius 3 is 2.56 bits per heavy atom. The molecule has 5 heteroatoms. The van der Waals surface area contributed by atoms with Crippen LogP contribution < -0.4 is 0 Å². The zero-order chi connectivity index (χ0) is 11.7. The van der Waals surface area contributed by atoms with E-state index in [0.29, 0.717) is 21.7 Å². The lowest BCUT2D eigenvalue weighted by Gasteiger charge is -2.03. The highest BCUT2D eigenvalue weighted by atomic mass is 35.5. The van der Waals surface area contributed by atoms with Gasteiger partial charge >= 0.3 is 0 Å². The number of halogens is 2. The normalized spacial score (nSPS) is 10.8. The van der Waals surface area contributed by atoms with Crippen molar-refractivity contribution < 1.29 is 5.11 Å². The van der Waals surface area contributed by atoms with E-state index in [0.717, 1.165) is 5.56 Å². The minimum Gasteiger partial charge on any atom is -0.390 e. The summed E-state index contributed by atoms with van der Waals surface area (Å²) in [6.07, 6.45) is 0. The van der Waals surface area contributed by atoms with Gasteiger partial charge in [-0.3, -0.25) is 0 Å². The summed E-state index contributed by atoms with van der Waals surface area (Å²) in [5.74, 6) is 0.652. The van der Waals surface area contributed by atoms with Crippen LogP contribution in [0.3, 0.4) is 0 Å². The molecule has 0 fully saturated rings. The summed E-state index contributed by atoms with van der Waals surface area (Å²) in [7, 11) is 1.78. The SMILES string of the molecule is Cn1c(-c2ccccc2Cl)nc(CO)c1Cl.